The van der Waals surface area contributed by atoms with Crippen LogP contribution in [0.4, 0.5) is 0 Å². The Bertz CT molecular complexity index is 502. The van der Waals surface area contributed by atoms with Crippen LogP contribution in [0.15, 0.2) is 12.3 Å². The number of hydrogen-bond acceptors (Lipinski definition) is 4. The van der Waals surface area contributed by atoms with E-state index in [0.717, 1.165) is 10.7 Å². The second-order valence-corrected chi connectivity index (χ2v) is 3.95. The summed E-state index contributed by atoms with van der Waals surface area (Å²) >= 11 is 1.24. The van der Waals surface area contributed by atoms with Gasteiger partial charge in [-0.3, -0.25) is 0 Å². The summed E-state index contributed by atoms with van der Waals surface area (Å²) in [4.78, 5) is 10.9. The van der Waals surface area contributed by atoms with Crippen LogP contribution in [0.25, 0.3) is 5.00 Å². The van der Waals surface area contributed by atoms with Gasteiger partial charge in [-0.2, -0.15) is 0 Å². The molecule has 2 aromatic rings. The molecule has 78 valence electrons. The van der Waals surface area contributed by atoms with Crippen molar-refractivity contribution in [3.8, 4) is 5.00 Å². The molecule has 0 unspecified atom stereocenters. The predicted molar refractivity (Wildman–Crippen MR) is 55.7 cm³/mol. The normalized spacial score (nSPS) is 10.5. The van der Waals surface area contributed by atoms with E-state index in [1.54, 1.807) is 19.2 Å². The van der Waals surface area contributed by atoms with Crippen molar-refractivity contribution < 1.29 is 9.90 Å². The van der Waals surface area contributed by atoms with E-state index < -0.39 is 5.97 Å². The average molecular weight is 223 g/mol. The average Bonchev–Trinajstić information content (AvgIpc) is 2.73. The lowest BCUT2D eigenvalue weighted by molar-refractivity contribution is 0.0696. The SMILES string of the molecule is Cc1cc(C(=O)O)c(C)n1-c1cnns1. The highest BCUT2D eigenvalue weighted by Gasteiger charge is 2.16. The molecule has 6 heteroatoms. The lowest BCUT2D eigenvalue weighted by Gasteiger charge is -2.03. The second-order valence-electron chi connectivity index (χ2n) is 3.18. The first kappa shape index (κ1) is 9.85. The van der Waals surface area contributed by atoms with Gasteiger partial charge in [-0.15, -0.1) is 5.10 Å². The zero-order valence-corrected chi connectivity index (χ0v) is 9.08. The Morgan fingerprint density at radius 1 is 1.53 bits per heavy atom. The van der Waals surface area contributed by atoms with Crippen LogP contribution in [-0.2, 0) is 0 Å². The molecule has 0 saturated heterocycles. The third-order valence-corrected chi connectivity index (χ3v) is 2.88. The monoisotopic (exact) mass is 223 g/mol. The van der Waals surface area contributed by atoms with Gasteiger partial charge in [-0.25, -0.2) is 4.79 Å². The van der Waals surface area contributed by atoms with Gasteiger partial charge in [0.25, 0.3) is 0 Å². The summed E-state index contributed by atoms with van der Waals surface area (Å²) in [6.07, 6.45) is 1.62. The van der Waals surface area contributed by atoms with Crippen molar-refractivity contribution in [1.29, 1.82) is 0 Å². The van der Waals surface area contributed by atoms with Crippen LogP contribution in [-0.4, -0.2) is 25.2 Å². The summed E-state index contributed by atoms with van der Waals surface area (Å²) in [6, 6.07) is 1.65. The van der Waals surface area contributed by atoms with Crippen LogP contribution in [0, 0.1) is 13.8 Å². The predicted octanol–water partition coefficient (Wildman–Crippen LogP) is 1.64. The quantitative estimate of drug-likeness (QED) is 0.840. The number of hydrogen-bond donors (Lipinski definition) is 1. The molecule has 15 heavy (non-hydrogen) atoms. The summed E-state index contributed by atoms with van der Waals surface area (Å²) in [7, 11) is 0. The minimum Gasteiger partial charge on any atom is -0.478 e. The summed E-state index contributed by atoms with van der Waals surface area (Å²) < 4.78 is 5.60. The Labute approximate surface area is 90.1 Å². The highest BCUT2D eigenvalue weighted by Crippen LogP contribution is 2.21. The van der Waals surface area contributed by atoms with Gasteiger partial charge in [0.15, 0.2) is 0 Å². The summed E-state index contributed by atoms with van der Waals surface area (Å²) in [5, 5.41) is 13.5. The fourth-order valence-electron chi connectivity index (χ4n) is 1.58. The van der Waals surface area contributed by atoms with Gasteiger partial charge in [-0.05, 0) is 19.9 Å². The molecule has 0 bridgehead atoms. The Kier molecular flexibility index (Phi) is 2.28. The topological polar surface area (TPSA) is 68.0 Å². The summed E-state index contributed by atoms with van der Waals surface area (Å²) in [6.45, 7) is 3.63. The van der Waals surface area contributed by atoms with Crippen molar-refractivity contribution in [3.05, 3.63) is 29.2 Å². The van der Waals surface area contributed by atoms with E-state index in [0.29, 0.717) is 11.3 Å². The van der Waals surface area contributed by atoms with Gasteiger partial charge < -0.3 is 9.67 Å². The van der Waals surface area contributed by atoms with E-state index >= 15 is 0 Å². The Morgan fingerprint density at radius 2 is 2.27 bits per heavy atom. The Balaban J connectivity index is 2.63. The van der Waals surface area contributed by atoms with Crippen molar-refractivity contribution >= 4 is 17.5 Å². The summed E-state index contributed by atoms with van der Waals surface area (Å²) in [5.41, 5.74) is 1.89. The van der Waals surface area contributed by atoms with Crippen molar-refractivity contribution in [1.82, 2.24) is 14.2 Å². The Morgan fingerprint density at radius 3 is 2.73 bits per heavy atom. The van der Waals surface area contributed by atoms with E-state index in [9.17, 15) is 4.79 Å². The Hall–Kier alpha value is -1.69. The fourth-order valence-corrected chi connectivity index (χ4v) is 2.21. The van der Waals surface area contributed by atoms with Crippen LogP contribution >= 0.6 is 11.5 Å². The molecule has 0 aliphatic rings. The largest absolute Gasteiger partial charge is 0.478 e. The standard InChI is InChI=1S/C9H9N3O2S/c1-5-3-7(9(13)14)6(2)12(5)8-4-10-11-15-8/h3-4H,1-2H3,(H,13,14). The molecule has 5 nitrogen and oxygen atoms in total. The zero-order chi connectivity index (χ0) is 11.0. The van der Waals surface area contributed by atoms with E-state index in [2.05, 4.69) is 9.59 Å². The maximum atomic E-state index is 10.9. The number of aryl methyl sites for hydroxylation is 1. The van der Waals surface area contributed by atoms with E-state index in [4.69, 9.17) is 5.11 Å². The van der Waals surface area contributed by atoms with Gasteiger partial charge >= 0.3 is 5.97 Å². The third-order valence-electron chi connectivity index (χ3n) is 2.23. The molecule has 0 spiro atoms. The number of aromatic carboxylic acids is 1. The maximum absolute atomic E-state index is 10.9. The van der Waals surface area contributed by atoms with Gasteiger partial charge in [0.2, 0.25) is 0 Å². The van der Waals surface area contributed by atoms with Gasteiger partial charge in [0.1, 0.15) is 5.00 Å². The molecule has 0 atom stereocenters. The molecular weight excluding hydrogens is 214 g/mol. The number of rotatable bonds is 2. The fraction of sp³-hybridized carbons (Fsp3) is 0.222. The minimum absolute atomic E-state index is 0.320. The lowest BCUT2D eigenvalue weighted by Crippen LogP contribution is -2.00. The van der Waals surface area contributed by atoms with E-state index in [-0.39, 0.29) is 0 Å². The van der Waals surface area contributed by atoms with Crippen LogP contribution < -0.4 is 0 Å². The third kappa shape index (κ3) is 1.52. The van der Waals surface area contributed by atoms with Gasteiger partial charge in [-0.1, -0.05) is 4.49 Å². The molecule has 0 radical (unpaired) electrons. The molecule has 0 amide bonds. The molecule has 1 N–H and O–H groups in total. The van der Waals surface area contributed by atoms with E-state index in [1.807, 2.05) is 11.5 Å². The molecule has 2 heterocycles. The lowest BCUT2D eigenvalue weighted by atomic mass is 10.2. The van der Waals surface area contributed by atoms with Crippen molar-refractivity contribution in [2.24, 2.45) is 0 Å². The second kappa shape index (κ2) is 3.47. The van der Waals surface area contributed by atoms with Crippen LogP contribution in [0.1, 0.15) is 21.7 Å². The molecule has 0 aliphatic carbocycles. The molecule has 0 aliphatic heterocycles. The highest BCUT2D eigenvalue weighted by molar-refractivity contribution is 7.08. The molecule has 0 fully saturated rings. The molecule has 0 saturated carbocycles. The number of nitrogens with zero attached hydrogens (tertiary/aromatic N) is 3. The first-order chi connectivity index (χ1) is 7.11. The summed E-state index contributed by atoms with van der Waals surface area (Å²) in [5.74, 6) is -0.910. The first-order valence-electron chi connectivity index (χ1n) is 4.31. The highest BCUT2D eigenvalue weighted by atomic mass is 32.1. The van der Waals surface area contributed by atoms with Crippen LogP contribution in [0.2, 0.25) is 0 Å². The molecular formula is C9H9N3O2S. The maximum Gasteiger partial charge on any atom is 0.337 e. The number of carbonyl (C=O) groups is 1. The molecule has 2 rings (SSSR count). The molecule has 2 aromatic heterocycles. The van der Waals surface area contributed by atoms with Crippen molar-refractivity contribution in [3.63, 3.8) is 0 Å². The van der Waals surface area contributed by atoms with Gasteiger partial charge in [0.05, 0.1) is 11.8 Å². The first-order valence-corrected chi connectivity index (χ1v) is 5.08. The van der Waals surface area contributed by atoms with Crippen molar-refractivity contribution in [2.45, 2.75) is 13.8 Å². The van der Waals surface area contributed by atoms with Crippen LogP contribution in [0.3, 0.4) is 0 Å². The van der Waals surface area contributed by atoms with Crippen LogP contribution in [0.5, 0.6) is 0 Å². The zero-order valence-electron chi connectivity index (χ0n) is 8.26. The molecule has 0 aromatic carbocycles. The smallest absolute Gasteiger partial charge is 0.337 e. The van der Waals surface area contributed by atoms with Crippen molar-refractivity contribution in [2.75, 3.05) is 0 Å². The number of carboxylic acid groups (broad SMARTS) is 1. The van der Waals surface area contributed by atoms with Gasteiger partial charge in [0, 0.05) is 22.9 Å². The minimum atomic E-state index is -0.910. The number of aromatic nitrogens is 3. The van der Waals surface area contributed by atoms with E-state index in [1.165, 1.54) is 11.5 Å². The number of carboxylic acids is 1.